The number of rotatable bonds is 2. The van der Waals surface area contributed by atoms with E-state index in [0.717, 1.165) is 5.82 Å². The molecule has 0 aliphatic heterocycles. The van der Waals surface area contributed by atoms with Crippen molar-refractivity contribution in [2.24, 2.45) is 0 Å². The summed E-state index contributed by atoms with van der Waals surface area (Å²) in [5.74, 6) is 3.94. The normalized spacial score (nSPS) is 11.4. The van der Waals surface area contributed by atoms with E-state index in [1.165, 1.54) is 0 Å². The van der Waals surface area contributed by atoms with Crippen LogP contribution in [0.5, 0.6) is 0 Å². The molecule has 0 saturated carbocycles. The summed E-state index contributed by atoms with van der Waals surface area (Å²) in [6.07, 6.45) is 5.44. The Morgan fingerprint density at radius 3 is 2.57 bits per heavy atom. The van der Waals surface area contributed by atoms with E-state index < -0.39 is 0 Å². The van der Waals surface area contributed by atoms with Gasteiger partial charge in [-0.1, -0.05) is 49.9 Å². The van der Waals surface area contributed by atoms with Gasteiger partial charge in [0.2, 0.25) is 0 Å². The molecule has 0 bridgehead atoms. The molecule has 5 heteroatoms. The maximum atomic E-state index is 6.25. The molecule has 0 aliphatic rings. The van der Waals surface area contributed by atoms with Crippen LogP contribution in [0.4, 0.5) is 5.82 Å². The van der Waals surface area contributed by atoms with Crippen molar-refractivity contribution in [3.63, 3.8) is 0 Å². The molecule has 0 atom stereocenters. The van der Waals surface area contributed by atoms with Crippen LogP contribution in [-0.2, 0) is 12.0 Å². The second-order valence-electron chi connectivity index (χ2n) is 5.83. The molecular weight excluding hydrogens is 305 g/mol. The van der Waals surface area contributed by atoms with E-state index in [4.69, 9.17) is 35.4 Å². The number of hydrogen-bond acceptors (Lipinski definition) is 2. The number of aromatic nitrogens is 2. The van der Waals surface area contributed by atoms with Gasteiger partial charge in [0.05, 0.1) is 11.6 Å². The lowest BCUT2D eigenvalue weighted by molar-refractivity contribution is 0.517. The SMILES string of the molecule is C#CCn1c(C(C)(C)C)nc(-c2cc(Cl)ccc2Cl)c1N. The predicted octanol–water partition coefficient (Wildman–Crippen LogP) is 4.37. The molecular formula is C16H17Cl2N3. The Balaban J connectivity index is 2.71. The highest BCUT2D eigenvalue weighted by atomic mass is 35.5. The van der Waals surface area contributed by atoms with Crippen LogP contribution in [0, 0.1) is 12.3 Å². The quantitative estimate of drug-likeness (QED) is 0.834. The number of terminal acetylenes is 1. The molecule has 1 aromatic carbocycles. The number of benzene rings is 1. The molecule has 0 amide bonds. The van der Waals surface area contributed by atoms with Gasteiger partial charge >= 0.3 is 0 Å². The van der Waals surface area contributed by atoms with Crippen LogP contribution >= 0.6 is 23.2 Å². The number of nitrogens with zero attached hydrogens (tertiary/aromatic N) is 2. The van der Waals surface area contributed by atoms with Crippen LogP contribution in [0.2, 0.25) is 10.0 Å². The van der Waals surface area contributed by atoms with Crippen LogP contribution in [0.25, 0.3) is 11.3 Å². The molecule has 0 fully saturated rings. The molecule has 0 aliphatic carbocycles. The first-order valence-electron chi connectivity index (χ1n) is 6.51. The fraction of sp³-hybridized carbons (Fsp3) is 0.312. The van der Waals surface area contributed by atoms with Gasteiger partial charge < -0.3 is 10.3 Å². The zero-order chi connectivity index (χ0) is 15.8. The van der Waals surface area contributed by atoms with Crippen molar-refractivity contribution in [2.75, 3.05) is 5.73 Å². The molecule has 2 N–H and O–H groups in total. The summed E-state index contributed by atoms with van der Waals surface area (Å²) in [7, 11) is 0. The zero-order valence-electron chi connectivity index (χ0n) is 12.2. The lowest BCUT2D eigenvalue weighted by atomic mass is 9.95. The number of hydrogen-bond donors (Lipinski definition) is 1. The molecule has 1 heterocycles. The number of imidazole rings is 1. The molecule has 110 valence electrons. The average molecular weight is 322 g/mol. The van der Waals surface area contributed by atoms with Crippen molar-refractivity contribution in [3.8, 4) is 23.6 Å². The van der Waals surface area contributed by atoms with Gasteiger partial charge in [-0.2, -0.15) is 0 Å². The molecule has 0 spiro atoms. The summed E-state index contributed by atoms with van der Waals surface area (Å²) >= 11 is 12.3. The van der Waals surface area contributed by atoms with Gasteiger partial charge in [-0.25, -0.2) is 4.98 Å². The van der Waals surface area contributed by atoms with Crippen molar-refractivity contribution in [3.05, 3.63) is 34.1 Å². The minimum Gasteiger partial charge on any atom is -0.383 e. The minimum absolute atomic E-state index is 0.186. The van der Waals surface area contributed by atoms with Gasteiger partial charge in [0.15, 0.2) is 0 Å². The first-order chi connectivity index (χ1) is 9.75. The minimum atomic E-state index is -0.186. The van der Waals surface area contributed by atoms with Crippen LogP contribution in [0.1, 0.15) is 26.6 Å². The fourth-order valence-electron chi connectivity index (χ4n) is 2.17. The van der Waals surface area contributed by atoms with E-state index in [-0.39, 0.29) is 5.41 Å². The molecule has 0 unspecified atom stereocenters. The summed E-state index contributed by atoms with van der Waals surface area (Å²) in [6.45, 7) is 6.55. The molecule has 0 saturated heterocycles. The van der Waals surface area contributed by atoms with Crippen molar-refractivity contribution in [1.82, 2.24) is 9.55 Å². The number of halogens is 2. The summed E-state index contributed by atoms with van der Waals surface area (Å²) in [6, 6.07) is 5.22. The summed E-state index contributed by atoms with van der Waals surface area (Å²) in [5.41, 5.74) is 7.38. The van der Waals surface area contributed by atoms with E-state index in [1.807, 2.05) is 4.57 Å². The van der Waals surface area contributed by atoms with Gasteiger partial charge in [-0.05, 0) is 18.2 Å². The third-order valence-electron chi connectivity index (χ3n) is 3.11. The molecule has 2 aromatic rings. The highest BCUT2D eigenvalue weighted by molar-refractivity contribution is 6.35. The molecule has 1 aromatic heterocycles. The Hall–Kier alpha value is -1.63. The first kappa shape index (κ1) is 15.8. The summed E-state index contributed by atoms with van der Waals surface area (Å²) in [5, 5.41) is 1.13. The van der Waals surface area contributed by atoms with Crippen molar-refractivity contribution >= 4 is 29.0 Å². The van der Waals surface area contributed by atoms with E-state index in [2.05, 4.69) is 31.7 Å². The third kappa shape index (κ3) is 3.02. The van der Waals surface area contributed by atoms with Crippen LogP contribution in [-0.4, -0.2) is 9.55 Å². The van der Waals surface area contributed by atoms with Gasteiger partial charge in [0.25, 0.3) is 0 Å². The van der Waals surface area contributed by atoms with Gasteiger partial charge in [-0.3, -0.25) is 0 Å². The maximum Gasteiger partial charge on any atom is 0.132 e. The monoisotopic (exact) mass is 321 g/mol. The number of anilines is 1. The second kappa shape index (κ2) is 5.63. The van der Waals surface area contributed by atoms with Crippen molar-refractivity contribution < 1.29 is 0 Å². The lowest BCUT2D eigenvalue weighted by Crippen LogP contribution is -2.19. The van der Waals surface area contributed by atoms with Crippen molar-refractivity contribution in [1.29, 1.82) is 0 Å². The second-order valence-corrected chi connectivity index (χ2v) is 6.68. The Morgan fingerprint density at radius 1 is 1.33 bits per heavy atom. The Labute approximate surface area is 135 Å². The Kier molecular flexibility index (Phi) is 4.22. The van der Waals surface area contributed by atoms with Crippen LogP contribution in [0.3, 0.4) is 0 Å². The lowest BCUT2D eigenvalue weighted by Gasteiger charge is -2.18. The maximum absolute atomic E-state index is 6.25. The van der Waals surface area contributed by atoms with Gasteiger partial charge in [0, 0.05) is 16.0 Å². The third-order valence-corrected chi connectivity index (χ3v) is 3.68. The first-order valence-corrected chi connectivity index (χ1v) is 7.26. The zero-order valence-corrected chi connectivity index (χ0v) is 13.8. The summed E-state index contributed by atoms with van der Waals surface area (Å²) in [4.78, 5) is 4.67. The van der Waals surface area contributed by atoms with Gasteiger partial charge in [0.1, 0.15) is 17.3 Å². The smallest absolute Gasteiger partial charge is 0.132 e. The van der Waals surface area contributed by atoms with Gasteiger partial charge in [-0.15, -0.1) is 6.42 Å². The highest BCUT2D eigenvalue weighted by Gasteiger charge is 2.26. The van der Waals surface area contributed by atoms with E-state index in [1.54, 1.807) is 18.2 Å². The Bertz CT molecular complexity index is 718. The fourth-order valence-corrected chi connectivity index (χ4v) is 2.55. The van der Waals surface area contributed by atoms with Crippen LogP contribution < -0.4 is 5.73 Å². The highest BCUT2D eigenvalue weighted by Crippen LogP contribution is 2.36. The number of nitrogens with two attached hydrogens (primary N) is 1. The van der Waals surface area contributed by atoms with Crippen LogP contribution in [0.15, 0.2) is 18.2 Å². The molecule has 2 rings (SSSR count). The molecule has 3 nitrogen and oxygen atoms in total. The summed E-state index contributed by atoms with van der Waals surface area (Å²) < 4.78 is 1.84. The standard InChI is InChI=1S/C16H17Cl2N3/c1-5-8-21-14(19)13(20-15(21)16(2,3)4)11-9-10(17)6-7-12(11)18/h1,6-7,9H,8,19H2,2-4H3. The molecule has 21 heavy (non-hydrogen) atoms. The number of nitrogen functional groups attached to an aromatic ring is 1. The molecule has 0 radical (unpaired) electrons. The van der Waals surface area contributed by atoms with E-state index >= 15 is 0 Å². The predicted molar refractivity (Wildman–Crippen MR) is 89.6 cm³/mol. The topological polar surface area (TPSA) is 43.8 Å². The largest absolute Gasteiger partial charge is 0.383 e. The van der Waals surface area contributed by atoms with Crippen molar-refractivity contribution in [2.45, 2.75) is 32.7 Å². The van der Waals surface area contributed by atoms with E-state index in [0.29, 0.717) is 33.7 Å². The van der Waals surface area contributed by atoms with E-state index in [9.17, 15) is 0 Å². The Morgan fingerprint density at radius 2 is 2.00 bits per heavy atom. The average Bonchev–Trinajstić information content (AvgIpc) is 2.71.